The monoisotopic (exact) mass is 209 g/mol. The topological polar surface area (TPSA) is 33.1 Å². The SMILES string of the molecule is OCC(F)(F)c1cnc2ccccc2c1. The quantitative estimate of drug-likeness (QED) is 0.823. The fraction of sp³-hybridized carbons (Fsp3) is 0.182. The van der Waals surface area contributed by atoms with E-state index in [1.54, 1.807) is 24.3 Å². The second kappa shape index (κ2) is 3.55. The highest BCUT2D eigenvalue weighted by Crippen LogP contribution is 2.28. The molecule has 0 saturated carbocycles. The maximum atomic E-state index is 13.1. The number of benzene rings is 1. The first-order valence-electron chi connectivity index (χ1n) is 4.47. The van der Waals surface area contributed by atoms with Crippen LogP contribution in [0, 0.1) is 0 Å². The van der Waals surface area contributed by atoms with Gasteiger partial charge in [0.1, 0.15) is 6.61 Å². The van der Waals surface area contributed by atoms with Gasteiger partial charge < -0.3 is 5.11 Å². The fourth-order valence-corrected chi connectivity index (χ4v) is 1.36. The van der Waals surface area contributed by atoms with Crippen LogP contribution in [0.25, 0.3) is 10.9 Å². The Hall–Kier alpha value is -1.55. The molecule has 2 nitrogen and oxygen atoms in total. The fourth-order valence-electron chi connectivity index (χ4n) is 1.36. The highest BCUT2D eigenvalue weighted by Gasteiger charge is 2.30. The molecule has 1 aromatic heterocycles. The van der Waals surface area contributed by atoms with E-state index in [9.17, 15) is 8.78 Å². The molecule has 4 heteroatoms. The molecule has 0 bridgehead atoms. The van der Waals surface area contributed by atoms with Crippen molar-refractivity contribution in [1.82, 2.24) is 4.98 Å². The Balaban J connectivity index is 2.56. The third-order valence-corrected chi connectivity index (χ3v) is 2.21. The number of hydrogen-bond acceptors (Lipinski definition) is 2. The number of halogens is 2. The smallest absolute Gasteiger partial charge is 0.297 e. The Labute approximate surface area is 85.2 Å². The Morgan fingerprint density at radius 3 is 2.73 bits per heavy atom. The van der Waals surface area contributed by atoms with Gasteiger partial charge in [-0.3, -0.25) is 4.98 Å². The molecule has 0 saturated heterocycles. The van der Waals surface area contributed by atoms with Gasteiger partial charge in [0.15, 0.2) is 0 Å². The van der Waals surface area contributed by atoms with Crippen molar-refractivity contribution in [3.8, 4) is 0 Å². The van der Waals surface area contributed by atoms with Gasteiger partial charge in [0.05, 0.1) is 5.52 Å². The lowest BCUT2D eigenvalue weighted by molar-refractivity contribution is -0.0557. The molecule has 0 atom stereocenters. The maximum absolute atomic E-state index is 13.1. The Morgan fingerprint density at radius 2 is 2.00 bits per heavy atom. The van der Waals surface area contributed by atoms with Gasteiger partial charge in [-0.15, -0.1) is 0 Å². The van der Waals surface area contributed by atoms with Crippen molar-refractivity contribution in [3.63, 3.8) is 0 Å². The van der Waals surface area contributed by atoms with Gasteiger partial charge >= 0.3 is 0 Å². The van der Waals surface area contributed by atoms with Crippen LogP contribution >= 0.6 is 0 Å². The number of fused-ring (bicyclic) bond motifs is 1. The average molecular weight is 209 g/mol. The molecule has 0 aliphatic heterocycles. The van der Waals surface area contributed by atoms with Gasteiger partial charge in [-0.1, -0.05) is 18.2 Å². The predicted octanol–water partition coefficient (Wildman–Crippen LogP) is 2.32. The predicted molar refractivity (Wildman–Crippen MR) is 52.7 cm³/mol. The Kier molecular flexibility index (Phi) is 2.36. The van der Waals surface area contributed by atoms with Crippen molar-refractivity contribution in [2.75, 3.05) is 6.61 Å². The zero-order valence-corrected chi connectivity index (χ0v) is 7.82. The van der Waals surface area contributed by atoms with Crippen molar-refractivity contribution in [3.05, 3.63) is 42.1 Å². The first kappa shape index (κ1) is 9.98. The van der Waals surface area contributed by atoms with E-state index in [-0.39, 0.29) is 5.56 Å². The third kappa shape index (κ3) is 1.80. The Morgan fingerprint density at radius 1 is 1.27 bits per heavy atom. The summed E-state index contributed by atoms with van der Waals surface area (Å²) in [6.45, 7) is -1.20. The van der Waals surface area contributed by atoms with Crippen molar-refractivity contribution in [1.29, 1.82) is 0 Å². The summed E-state index contributed by atoms with van der Waals surface area (Å²) in [6, 6.07) is 8.35. The van der Waals surface area contributed by atoms with Gasteiger partial charge in [0.25, 0.3) is 5.92 Å². The van der Waals surface area contributed by atoms with E-state index < -0.39 is 12.5 Å². The summed E-state index contributed by atoms with van der Waals surface area (Å²) in [5.41, 5.74) is 0.402. The molecule has 0 aliphatic rings. The van der Waals surface area contributed by atoms with Crippen molar-refractivity contribution in [2.45, 2.75) is 5.92 Å². The zero-order valence-electron chi connectivity index (χ0n) is 7.82. The minimum absolute atomic E-state index is 0.260. The van der Waals surface area contributed by atoms with E-state index in [1.165, 1.54) is 6.07 Å². The normalized spacial score (nSPS) is 11.9. The average Bonchev–Trinajstić information content (AvgIpc) is 2.28. The van der Waals surface area contributed by atoms with Crippen LogP contribution in [-0.4, -0.2) is 16.7 Å². The minimum Gasteiger partial charge on any atom is -0.390 e. The number of para-hydroxylation sites is 1. The summed E-state index contributed by atoms with van der Waals surface area (Å²) >= 11 is 0. The lowest BCUT2D eigenvalue weighted by Gasteiger charge is -2.13. The summed E-state index contributed by atoms with van der Waals surface area (Å²) in [6.07, 6.45) is 1.10. The lowest BCUT2D eigenvalue weighted by Crippen LogP contribution is -2.18. The molecule has 0 unspecified atom stereocenters. The van der Waals surface area contributed by atoms with Crippen LogP contribution in [0.1, 0.15) is 5.56 Å². The van der Waals surface area contributed by atoms with Gasteiger partial charge in [0.2, 0.25) is 0 Å². The van der Waals surface area contributed by atoms with Crippen molar-refractivity contribution >= 4 is 10.9 Å². The number of aromatic nitrogens is 1. The van der Waals surface area contributed by atoms with E-state index in [1.807, 2.05) is 0 Å². The number of aliphatic hydroxyl groups excluding tert-OH is 1. The molecule has 0 radical (unpaired) electrons. The number of aliphatic hydroxyl groups is 1. The molecule has 1 aromatic carbocycles. The summed E-state index contributed by atoms with van der Waals surface area (Å²) in [4.78, 5) is 3.90. The van der Waals surface area contributed by atoms with Crippen LogP contribution in [0.5, 0.6) is 0 Å². The second-order valence-corrected chi connectivity index (χ2v) is 3.28. The molecular weight excluding hydrogens is 200 g/mol. The third-order valence-electron chi connectivity index (χ3n) is 2.21. The van der Waals surface area contributed by atoms with Crippen molar-refractivity contribution < 1.29 is 13.9 Å². The number of rotatable bonds is 2. The van der Waals surface area contributed by atoms with Crippen LogP contribution in [-0.2, 0) is 5.92 Å². The van der Waals surface area contributed by atoms with E-state index in [4.69, 9.17) is 5.11 Å². The van der Waals surface area contributed by atoms with Gasteiger partial charge in [-0.25, -0.2) is 0 Å². The van der Waals surface area contributed by atoms with Gasteiger partial charge in [-0.05, 0) is 12.1 Å². The summed E-state index contributed by atoms with van der Waals surface area (Å²) < 4.78 is 26.2. The molecule has 2 rings (SSSR count). The van der Waals surface area contributed by atoms with E-state index in [2.05, 4.69) is 4.98 Å². The molecule has 0 spiro atoms. The van der Waals surface area contributed by atoms with E-state index in [0.717, 1.165) is 6.20 Å². The molecule has 0 aliphatic carbocycles. The van der Waals surface area contributed by atoms with Crippen LogP contribution in [0.3, 0.4) is 0 Å². The number of alkyl halides is 2. The first-order valence-corrected chi connectivity index (χ1v) is 4.47. The van der Waals surface area contributed by atoms with Crippen LogP contribution in [0.4, 0.5) is 8.78 Å². The van der Waals surface area contributed by atoms with Gasteiger partial charge in [-0.2, -0.15) is 8.78 Å². The molecule has 0 fully saturated rings. The van der Waals surface area contributed by atoms with E-state index >= 15 is 0 Å². The number of pyridine rings is 1. The highest BCUT2D eigenvalue weighted by molar-refractivity contribution is 5.78. The Bertz CT molecular complexity index is 485. The van der Waals surface area contributed by atoms with E-state index in [0.29, 0.717) is 10.9 Å². The molecule has 1 N–H and O–H groups in total. The van der Waals surface area contributed by atoms with Gasteiger partial charge in [0, 0.05) is 17.1 Å². The summed E-state index contributed by atoms with van der Waals surface area (Å²) in [7, 11) is 0. The van der Waals surface area contributed by atoms with Crippen molar-refractivity contribution in [2.24, 2.45) is 0 Å². The van der Waals surface area contributed by atoms with Crippen LogP contribution < -0.4 is 0 Å². The molecule has 78 valence electrons. The minimum atomic E-state index is -3.23. The summed E-state index contributed by atoms with van der Waals surface area (Å²) in [5.74, 6) is -3.23. The number of hydrogen-bond donors (Lipinski definition) is 1. The standard InChI is InChI=1S/C11H9F2NO/c12-11(13,7-15)9-5-8-3-1-2-4-10(8)14-6-9/h1-6,15H,7H2. The second-order valence-electron chi connectivity index (χ2n) is 3.28. The van der Waals surface area contributed by atoms with Crippen LogP contribution in [0.2, 0.25) is 0 Å². The maximum Gasteiger partial charge on any atom is 0.297 e. The molecular formula is C11H9F2NO. The van der Waals surface area contributed by atoms with Crippen LogP contribution in [0.15, 0.2) is 36.5 Å². The molecule has 0 amide bonds. The lowest BCUT2D eigenvalue weighted by atomic mass is 10.1. The highest BCUT2D eigenvalue weighted by atomic mass is 19.3. The molecule has 2 aromatic rings. The molecule has 1 heterocycles. The largest absolute Gasteiger partial charge is 0.390 e. The molecule has 15 heavy (non-hydrogen) atoms. The zero-order chi connectivity index (χ0) is 10.9. The number of nitrogens with zero attached hydrogens (tertiary/aromatic N) is 1. The first-order chi connectivity index (χ1) is 7.13. The summed E-state index contributed by atoms with van der Waals surface area (Å²) in [5, 5.41) is 9.18.